The number of rotatable bonds is 4. The number of hydrogen-bond acceptors (Lipinski definition) is 5. The van der Waals surface area contributed by atoms with Crippen LogP contribution in [0.25, 0.3) is 0 Å². The van der Waals surface area contributed by atoms with E-state index < -0.39 is 5.91 Å². The van der Waals surface area contributed by atoms with Gasteiger partial charge in [-0.3, -0.25) is 4.79 Å². The van der Waals surface area contributed by atoms with Crippen molar-refractivity contribution >= 4 is 17.4 Å². The van der Waals surface area contributed by atoms with Crippen LogP contribution in [0.4, 0.5) is 11.5 Å². The minimum atomic E-state index is -0.497. The van der Waals surface area contributed by atoms with E-state index in [1.54, 1.807) is 19.4 Å². The Morgan fingerprint density at radius 1 is 1.63 bits per heavy atom. The van der Waals surface area contributed by atoms with Crippen LogP contribution in [0.1, 0.15) is 23.2 Å². The Balaban J connectivity index is 2.23. The number of nitrogens with two attached hydrogens (primary N) is 2. The first-order valence-electron chi connectivity index (χ1n) is 6.41. The van der Waals surface area contributed by atoms with Crippen LogP contribution < -0.4 is 16.4 Å². The number of ether oxygens (including phenoxy) is 1. The van der Waals surface area contributed by atoms with Crippen LogP contribution in [0.2, 0.25) is 0 Å². The summed E-state index contributed by atoms with van der Waals surface area (Å²) in [7, 11) is 1.70. The first kappa shape index (κ1) is 13.6. The number of aromatic nitrogens is 1. The fourth-order valence-corrected chi connectivity index (χ4v) is 2.54. The highest BCUT2D eigenvalue weighted by Crippen LogP contribution is 2.25. The molecular weight excluding hydrogens is 244 g/mol. The monoisotopic (exact) mass is 264 g/mol. The smallest absolute Gasteiger partial charge is 0.252 e. The van der Waals surface area contributed by atoms with E-state index in [9.17, 15) is 4.79 Å². The summed E-state index contributed by atoms with van der Waals surface area (Å²) in [6.07, 6.45) is 3.74. The van der Waals surface area contributed by atoms with E-state index in [2.05, 4.69) is 9.88 Å². The van der Waals surface area contributed by atoms with Gasteiger partial charge in [0.2, 0.25) is 0 Å². The maximum atomic E-state index is 11.5. The molecular formula is C13H20N4O2. The molecule has 1 aliphatic heterocycles. The normalized spacial score (nSPS) is 19.4. The largest absolute Gasteiger partial charge is 0.397 e. The van der Waals surface area contributed by atoms with Crippen LogP contribution in [-0.4, -0.2) is 37.7 Å². The highest BCUT2D eigenvalue weighted by molar-refractivity contribution is 5.98. The first-order chi connectivity index (χ1) is 9.11. The second kappa shape index (κ2) is 5.88. The standard InChI is InChI=1S/C13H20N4O2/c1-19-8-9-3-2-4-17(7-9)13-11(12(15)18)5-10(14)6-16-13/h5-6,9H,2-4,7-8,14H2,1H3,(H2,15,18). The molecule has 0 spiro atoms. The van der Waals surface area contributed by atoms with E-state index in [1.165, 1.54) is 0 Å². The lowest BCUT2D eigenvalue weighted by Crippen LogP contribution is -2.38. The molecule has 0 saturated carbocycles. The van der Waals surface area contributed by atoms with E-state index in [0.29, 0.717) is 23.0 Å². The van der Waals surface area contributed by atoms with E-state index >= 15 is 0 Å². The summed E-state index contributed by atoms with van der Waals surface area (Å²) in [5.41, 5.74) is 11.9. The molecule has 1 aromatic rings. The number of pyridine rings is 1. The lowest BCUT2D eigenvalue weighted by molar-refractivity contribution is 0.1000. The highest BCUT2D eigenvalue weighted by Gasteiger charge is 2.24. The zero-order chi connectivity index (χ0) is 13.8. The topological polar surface area (TPSA) is 94.5 Å². The van der Waals surface area contributed by atoms with Gasteiger partial charge in [-0.25, -0.2) is 4.98 Å². The van der Waals surface area contributed by atoms with Crippen molar-refractivity contribution in [2.75, 3.05) is 37.4 Å². The summed E-state index contributed by atoms with van der Waals surface area (Å²) in [5.74, 6) is 0.588. The molecule has 0 aliphatic carbocycles. The van der Waals surface area contributed by atoms with E-state index in [4.69, 9.17) is 16.2 Å². The van der Waals surface area contributed by atoms with Crippen molar-refractivity contribution in [1.82, 2.24) is 4.98 Å². The van der Waals surface area contributed by atoms with Gasteiger partial charge in [0.25, 0.3) is 5.91 Å². The van der Waals surface area contributed by atoms with Gasteiger partial charge >= 0.3 is 0 Å². The molecule has 1 atom stereocenters. The van der Waals surface area contributed by atoms with Crippen LogP contribution in [0, 0.1) is 5.92 Å². The summed E-state index contributed by atoms with van der Waals surface area (Å²) in [4.78, 5) is 17.9. The van der Waals surface area contributed by atoms with Crippen molar-refractivity contribution in [2.24, 2.45) is 11.7 Å². The minimum Gasteiger partial charge on any atom is -0.397 e. The average Bonchev–Trinajstić information content (AvgIpc) is 2.39. The number of anilines is 2. The molecule has 0 bridgehead atoms. The van der Waals surface area contributed by atoms with Crippen LogP contribution in [0.5, 0.6) is 0 Å². The van der Waals surface area contributed by atoms with Gasteiger partial charge in [-0.2, -0.15) is 0 Å². The quantitative estimate of drug-likeness (QED) is 0.831. The summed E-state index contributed by atoms with van der Waals surface area (Å²) >= 11 is 0. The highest BCUT2D eigenvalue weighted by atomic mass is 16.5. The van der Waals surface area contributed by atoms with Gasteiger partial charge in [-0.15, -0.1) is 0 Å². The molecule has 0 radical (unpaired) electrons. The van der Waals surface area contributed by atoms with E-state index in [1.807, 2.05) is 0 Å². The third-order valence-corrected chi connectivity index (χ3v) is 3.37. The van der Waals surface area contributed by atoms with Gasteiger partial charge in [0, 0.05) is 20.2 Å². The molecule has 1 aliphatic rings. The predicted octanol–water partition coefficient (Wildman–Crippen LogP) is 0.626. The summed E-state index contributed by atoms with van der Waals surface area (Å²) in [5, 5.41) is 0. The van der Waals surface area contributed by atoms with Crippen LogP contribution >= 0.6 is 0 Å². The SMILES string of the molecule is COCC1CCCN(c2ncc(N)cc2C(N)=O)C1. The number of hydrogen-bond donors (Lipinski definition) is 2. The van der Waals surface area contributed by atoms with Crippen LogP contribution in [-0.2, 0) is 4.74 Å². The Kier molecular flexibility index (Phi) is 4.21. The molecule has 2 heterocycles. The zero-order valence-electron chi connectivity index (χ0n) is 11.1. The Morgan fingerprint density at radius 2 is 2.42 bits per heavy atom. The maximum Gasteiger partial charge on any atom is 0.252 e. The molecule has 1 aromatic heterocycles. The third kappa shape index (κ3) is 3.14. The lowest BCUT2D eigenvalue weighted by atomic mass is 9.98. The Labute approximate surface area is 112 Å². The minimum absolute atomic E-state index is 0.387. The van der Waals surface area contributed by atoms with Gasteiger partial charge in [-0.1, -0.05) is 0 Å². The van der Waals surface area contributed by atoms with E-state index in [0.717, 1.165) is 32.5 Å². The molecule has 4 N–H and O–H groups in total. The van der Waals surface area contributed by atoms with Gasteiger partial charge in [-0.05, 0) is 24.8 Å². The molecule has 1 fully saturated rings. The first-order valence-corrected chi connectivity index (χ1v) is 6.41. The average molecular weight is 264 g/mol. The fourth-order valence-electron chi connectivity index (χ4n) is 2.54. The number of methoxy groups -OCH3 is 1. The summed E-state index contributed by atoms with van der Waals surface area (Å²) in [6, 6.07) is 1.59. The van der Waals surface area contributed by atoms with Crippen molar-refractivity contribution in [1.29, 1.82) is 0 Å². The molecule has 104 valence electrons. The number of piperidine rings is 1. The number of nitrogen functional groups attached to an aromatic ring is 1. The van der Waals surface area contributed by atoms with Gasteiger partial charge in [0.1, 0.15) is 5.82 Å². The molecule has 1 amide bonds. The molecule has 2 rings (SSSR count). The molecule has 0 aromatic carbocycles. The van der Waals surface area contributed by atoms with Gasteiger partial charge in [0.15, 0.2) is 0 Å². The Hall–Kier alpha value is -1.82. The fraction of sp³-hybridized carbons (Fsp3) is 0.538. The molecule has 19 heavy (non-hydrogen) atoms. The third-order valence-electron chi connectivity index (χ3n) is 3.37. The van der Waals surface area contributed by atoms with Gasteiger partial charge < -0.3 is 21.1 Å². The summed E-state index contributed by atoms with van der Waals surface area (Å²) in [6.45, 7) is 2.42. The van der Waals surface area contributed by atoms with Crippen molar-refractivity contribution < 1.29 is 9.53 Å². The number of amides is 1. The number of primary amides is 1. The van der Waals surface area contributed by atoms with Crippen LogP contribution in [0.3, 0.4) is 0 Å². The van der Waals surface area contributed by atoms with Crippen molar-refractivity contribution in [3.63, 3.8) is 0 Å². The Bertz CT molecular complexity index is 462. The van der Waals surface area contributed by atoms with Crippen molar-refractivity contribution in [2.45, 2.75) is 12.8 Å². The number of carbonyl (C=O) groups is 1. The zero-order valence-corrected chi connectivity index (χ0v) is 11.1. The lowest BCUT2D eigenvalue weighted by Gasteiger charge is -2.34. The number of carbonyl (C=O) groups excluding carboxylic acids is 1. The predicted molar refractivity (Wildman–Crippen MR) is 74.0 cm³/mol. The summed E-state index contributed by atoms with van der Waals surface area (Å²) < 4.78 is 5.20. The van der Waals surface area contributed by atoms with Gasteiger partial charge in [0.05, 0.1) is 24.1 Å². The molecule has 6 heteroatoms. The molecule has 1 unspecified atom stereocenters. The molecule has 1 saturated heterocycles. The van der Waals surface area contributed by atoms with Crippen LogP contribution in [0.15, 0.2) is 12.3 Å². The second-order valence-electron chi connectivity index (χ2n) is 4.91. The maximum absolute atomic E-state index is 11.5. The Morgan fingerprint density at radius 3 is 3.11 bits per heavy atom. The number of nitrogens with zero attached hydrogens (tertiary/aromatic N) is 2. The van der Waals surface area contributed by atoms with Crippen molar-refractivity contribution in [3.8, 4) is 0 Å². The van der Waals surface area contributed by atoms with Crippen molar-refractivity contribution in [3.05, 3.63) is 17.8 Å². The molecule has 6 nitrogen and oxygen atoms in total. The van der Waals surface area contributed by atoms with E-state index in [-0.39, 0.29) is 0 Å². The second-order valence-corrected chi connectivity index (χ2v) is 4.91.